The molecular weight excluding hydrogens is 386 g/mol. The van der Waals surface area contributed by atoms with Crippen molar-refractivity contribution in [2.45, 2.75) is 32.5 Å². The van der Waals surface area contributed by atoms with Crippen LogP contribution in [0.3, 0.4) is 0 Å². The van der Waals surface area contributed by atoms with Gasteiger partial charge < -0.3 is 5.32 Å². The molecule has 0 saturated carbocycles. The molecule has 6 nitrogen and oxygen atoms in total. The Morgan fingerprint density at radius 3 is 2.45 bits per heavy atom. The molecule has 1 amide bonds. The van der Waals surface area contributed by atoms with Gasteiger partial charge in [-0.25, -0.2) is 4.98 Å². The number of carbonyl (C=O) groups excluding carboxylic acids is 2. The first-order chi connectivity index (χ1) is 13.8. The van der Waals surface area contributed by atoms with Gasteiger partial charge in [0.25, 0.3) is 5.56 Å². The lowest BCUT2D eigenvalue weighted by Gasteiger charge is -2.14. The summed E-state index contributed by atoms with van der Waals surface area (Å²) in [5.74, 6) is 0.211. The average molecular weight is 410 g/mol. The first kappa shape index (κ1) is 20.8. The molecule has 0 saturated heterocycles. The summed E-state index contributed by atoms with van der Waals surface area (Å²) in [7, 11) is 0. The lowest BCUT2D eigenvalue weighted by molar-refractivity contribution is -0.114. The molecule has 1 N–H and O–H groups in total. The summed E-state index contributed by atoms with van der Waals surface area (Å²) in [4.78, 5) is 41.3. The summed E-state index contributed by atoms with van der Waals surface area (Å²) in [6.07, 6.45) is 0. The molecule has 1 aromatic heterocycles. The van der Waals surface area contributed by atoms with Crippen molar-refractivity contribution >= 4 is 40.0 Å². The lowest BCUT2D eigenvalue weighted by atomic mass is 10.1. The predicted octanol–water partition coefficient (Wildman–Crippen LogP) is 3.99. The normalized spacial score (nSPS) is 11.0. The number of aromatic nitrogens is 2. The van der Waals surface area contributed by atoms with Crippen LogP contribution in [-0.4, -0.2) is 27.0 Å². The first-order valence-corrected chi connectivity index (χ1v) is 10.4. The van der Waals surface area contributed by atoms with Crippen molar-refractivity contribution < 1.29 is 9.59 Å². The quantitative estimate of drug-likeness (QED) is 0.363. The smallest absolute Gasteiger partial charge is 0.262 e. The second-order valence-corrected chi connectivity index (χ2v) is 8.13. The number of hydrogen-bond acceptors (Lipinski definition) is 5. The second kappa shape index (κ2) is 9.05. The van der Waals surface area contributed by atoms with E-state index in [-0.39, 0.29) is 28.9 Å². The number of nitrogens with zero attached hydrogens (tertiary/aromatic N) is 2. The number of thioether (sulfide) groups is 1. The summed E-state index contributed by atoms with van der Waals surface area (Å²) in [6.45, 7) is 6.05. The Morgan fingerprint density at radius 2 is 1.79 bits per heavy atom. The summed E-state index contributed by atoms with van der Waals surface area (Å²) in [5.41, 5.74) is 1.74. The highest BCUT2D eigenvalue weighted by atomic mass is 32.2. The van der Waals surface area contributed by atoms with E-state index in [1.165, 1.54) is 18.7 Å². The van der Waals surface area contributed by atoms with Gasteiger partial charge in [0.2, 0.25) is 5.91 Å². The number of para-hydroxylation sites is 1. The molecule has 1 heterocycles. The van der Waals surface area contributed by atoms with Gasteiger partial charge in [-0.1, -0.05) is 37.7 Å². The second-order valence-electron chi connectivity index (χ2n) is 7.19. The molecule has 29 heavy (non-hydrogen) atoms. The topological polar surface area (TPSA) is 81.1 Å². The highest BCUT2D eigenvalue weighted by molar-refractivity contribution is 7.99. The maximum atomic E-state index is 12.9. The zero-order valence-electron chi connectivity index (χ0n) is 16.6. The van der Waals surface area contributed by atoms with Gasteiger partial charge in [-0.3, -0.25) is 19.0 Å². The van der Waals surface area contributed by atoms with Crippen molar-refractivity contribution in [2.75, 3.05) is 11.1 Å². The van der Waals surface area contributed by atoms with Gasteiger partial charge in [0.1, 0.15) is 0 Å². The van der Waals surface area contributed by atoms with Gasteiger partial charge in [-0.05, 0) is 42.3 Å². The molecule has 0 bridgehead atoms. The zero-order valence-corrected chi connectivity index (χ0v) is 17.5. The summed E-state index contributed by atoms with van der Waals surface area (Å²) < 4.78 is 1.66. The van der Waals surface area contributed by atoms with Crippen molar-refractivity contribution in [3.63, 3.8) is 0 Å². The van der Waals surface area contributed by atoms with E-state index < -0.39 is 0 Å². The van der Waals surface area contributed by atoms with E-state index >= 15 is 0 Å². The van der Waals surface area contributed by atoms with Crippen molar-refractivity contribution in [1.29, 1.82) is 0 Å². The van der Waals surface area contributed by atoms with E-state index in [0.29, 0.717) is 33.9 Å². The average Bonchev–Trinajstić information content (AvgIpc) is 2.68. The Hall–Kier alpha value is -2.93. The van der Waals surface area contributed by atoms with E-state index in [2.05, 4.69) is 10.3 Å². The Labute approximate surface area is 173 Å². The standard InChI is InChI=1S/C22H23N3O3S/c1-14(2)12-25-21(28)18-6-4-5-7-19(18)24-22(25)29-13-20(27)16-8-10-17(11-9-16)23-15(3)26/h4-11,14H,12-13H2,1-3H3,(H,23,26). The zero-order chi connectivity index (χ0) is 21.0. The van der Waals surface area contributed by atoms with Gasteiger partial charge >= 0.3 is 0 Å². The van der Waals surface area contributed by atoms with Gasteiger partial charge in [0.05, 0.1) is 16.7 Å². The maximum Gasteiger partial charge on any atom is 0.262 e. The fourth-order valence-electron chi connectivity index (χ4n) is 2.94. The van der Waals surface area contributed by atoms with Crippen LogP contribution in [0.15, 0.2) is 58.5 Å². The third-order valence-electron chi connectivity index (χ3n) is 4.23. The Balaban J connectivity index is 1.83. The molecular formula is C22H23N3O3S. The third-order valence-corrected chi connectivity index (χ3v) is 5.21. The van der Waals surface area contributed by atoms with Crippen LogP contribution in [0.5, 0.6) is 0 Å². The molecule has 0 unspecified atom stereocenters. The predicted molar refractivity (Wildman–Crippen MR) is 117 cm³/mol. The van der Waals surface area contributed by atoms with Crippen LogP contribution in [0.1, 0.15) is 31.1 Å². The van der Waals surface area contributed by atoms with Crippen LogP contribution in [0.2, 0.25) is 0 Å². The number of ketones is 1. The number of benzene rings is 2. The minimum absolute atomic E-state index is 0.0668. The highest BCUT2D eigenvalue weighted by Crippen LogP contribution is 2.21. The first-order valence-electron chi connectivity index (χ1n) is 9.38. The molecule has 0 atom stereocenters. The minimum Gasteiger partial charge on any atom is -0.326 e. The molecule has 2 aromatic carbocycles. The fourth-order valence-corrected chi connectivity index (χ4v) is 3.84. The van der Waals surface area contributed by atoms with Crippen LogP contribution < -0.4 is 10.9 Å². The number of Topliss-reactive ketones (excluding diaryl/α,β-unsaturated/α-hetero) is 1. The van der Waals surface area contributed by atoms with Crippen LogP contribution in [-0.2, 0) is 11.3 Å². The number of carbonyl (C=O) groups is 2. The van der Waals surface area contributed by atoms with Crippen LogP contribution >= 0.6 is 11.8 Å². The molecule has 3 rings (SSSR count). The number of anilines is 1. The van der Waals surface area contributed by atoms with E-state index in [4.69, 9.17) is 0 Å². The number of nitrogens with one attached hydrogen (secondary N) is 1. The van der Waals surface area contributed by atoms with Gasteiger partial charge in [0, 0.05) is 24.7 Å². The number of rotatable bonds is 7. The maximum absolute atomic E-state index is 12.9. The third kappa shape index (κ3) is 5.12. The summed E-state index contributed by atoms with van der Waals surface area (Å²) in [5, 5.41) is 3.80. The molecule has 150 valence electrons. The van der Waals surface area contributed by atoms with Crippen molar-refractivity contribution in [2.24, 2.45) is 5.92 Å². The summed E-state index contributed by atoms with van der Waals surface area (Å²) in [6, 6.07) is 14.0. The van der Waals surface area contributed by atoms with Crippen LogP contribution in [0, 0.1) is 5.92 Å². The van der Waals surface area contributed by atoms with E-state index in [1.54, 1.807) is 34.9 Å². The number of fused-ring (bicyclic) bond motifs is 1. The molecule has 7 heteroatoms. The van der Waals surface area contributed by atoms with Gasteiger partial charge in [-0.15, -0.1) is 0 Å². The number of amides is 1. The van der Waals surface area contributed by atoms with Crippen LogP contribution in [0.4, 0.5) is 5.69 Å². The van der Waals surface area contributed by atoms with Crippen molar-refractivity contribution in [3.8, 4) is 0 Å². The molecule has 0 fully saturated rings. The van der Waals surface area contributed by atoms with E-state index in [9.17, 15) is 14.4 Å². The molecule has 0 aliphatic carbocycles. The summed E-state index contributed by atoms with van der Waals surface area (Å²) >= 11 is 1.27. The minimum atomic E-state index is -0.162. The molecule has 0 aliphatic heterocycles. The van der Waals surface area contributed by atoms with Crippen molar-refractivity contribution in [1.82, 2.24) is 9.55 Å². The van der Waals surface area contributed by atoms with Crippen molar-refractivity contribution in [3.05, 3.63) is 64.4 Å². The Bertz CT molecular complexity index is 1100. The monoisotopic (exact) mass is 409 g/mol. The molecule has 0 radical (unpaired) electrons. The lowest BCUT2D eigenvalue weighted by Crippen LogP contribution is -2.25. The van der Waals surface area contributed by atoms with E-state index in [1.807, 2.05) is 32.0 Å². The molecule has 3 aromatic rings. The Morgan fingerprint density at radius 1 is 1.10 bits per heavy atom. The SMILES string of the molecule is CC(=O)Nc1ccc(C(=O)CSc2nc3ccccc3c(=O)n2CC(C)C)cc1. The molecule has 0 spiro atoms. The van der Waals surface area contributed by atoms with Crippen LogP contribution in [0.25, 0.3) is 10.9 Å². The number of hydrogen-bond donors (Lipinski definition) is 1. The largest absolute Gasteiger partial charge is 0.326 e. The fraction of sp³-hybridized carbons (Fsp3) is 0.273. The van der Waals surface area contributed by atoms with Gasteiger partial charge in [0.15, 0.2) is 10.9 Å². The van der Waals surface area contributed by atoms with E-state index in [0.717, 1.165) is 0 Å². The highest BCUT2D eigenvalue weighted by Gasteiger charge is 2.15. The van der Waals surface area contributed by atoms with Gasteiger partial charge in [-0.2, -0.15) is 0 Å². The molecule has 0 aliphatic rings. The Kier molecular flexibility index (Phi) is 6.49.